The average molecular weight is 281 g/mol. The van der Waals surface area contributed by atoms with Crippen LogP contribution in [-0.4, -0.2) is 43.2 Å². The number of nitrogens with one attached hydrogen (secondary N) is 2. The first-order valence-corrected chi connectivity index (χ1v) is 8.30. The number of carbonyl (C=O) groups excluding carboxylic acids is 1. The summed E-state index contributed by atoms with van der Waals surface area (Å²) >= 11 is 0. The second kappa shape index (κ2) is 6.79. The van der Waals surface area contributed by atoms with E-state index in [9.17, 15) is 4.79 Å². The van der Waals surface area contributed by atoms with Crippen LogP contribution in [0.25, 0.3) is 0 Å². The highest BCUT2D eigenvalue weighted by Crippen LogP contribution is 2.42. The van der Waals surface area contributed by atoms with Gasteiger partial charge in [-0.1, -0.05) is 13.3 Å². The van der Waals surface area contributed by atoms with Gasteiger partial charge in [0.15, 0.2) is 0 Å². The van der Waals surface area contributed by atoms with Crippen molar-refractivity contribution in [1.82, 2.24) is 15.5 Å². The number of nitrogens with zero attached hydrogens (tertiary/aromatic N) is 1. The molecule has 2 amide bonds. The quantitative estimate of drug-likeness (QED) is 0.786. The van der Waals surface area contributed by atoms with Crippen LogP contribution in [0.3, 0.4) is 0 Å². The van der Waals surface area contributed by atoms with Crippen molar-refractivity contribution >= 4 is 6.03 Å². The van der Waals surface area contributed by atoms with Crippen molar-refractivity contribution in [3.63, 3.8) is 0 Å². The molecule has 2 rings (SSSR count). The number of carbonyl (C=O) groups is 1. The number of hydrogen-bond acceptors (Lipinski definition) is 2. The fourth-order valence-corrected chi connectivity index (χ4v) is 3.40. The first-order valence-electron chi connectivity index (χ1n) is 8.30. The number of urea groups is 1. The largest absolute Gasteiger partial charge is 0.338 e. The zero-order valence-electron chi connectivity index (χ0n) is 13.4. The zero-order chi connectivity index (χ0) is 14.6. The highest BCUT2D eigenvalue weighted by molar-refractivity contribution is 5.73. The molecule has 1 saturated heterocycles. The molecule has 116 valence electrons. The number of rotatable bonds is 6. The van der Waals surface area contributed by atoms with E-state index in [4.69, 9.17) is 0 Å². The van der Waals surface area contributed by atoms with Crippen molar-refractivity contribution < 1.29 is 4.79 Å². The highest BCUT2D eigenvalue weighted by Gasteiger charge is 2.35. The van der Waals surface area contributed by atoms with E-state index in [1.165, 1.54) is 38.6 Å². The standard InChI is InChI=1S/C16H31N3O/c1-4-16(7-5-8-16)12-18-15(20)17-10-14-6-9-19(11-14)13(2)3/h13-14H,4-12H2,1-3H3,(H2,17,18,20)/t14-/m1/s1. The van der Waals surface area contributed by atoms with Crippen LogP contribution in [0.4, 0.5) is 4.79 Å². The molecule has 0 aromatic rings. The van der Waals surface area contributed by atoms with Crippen LogP contribution in [-0.2, 0) is 0 Å². The molecule has 2 aliphatic rings. The van der Waals surface area contributed by atoms with Gasteiger partial charge in [-0.15, -0.1) is 0 Å². The first kappa shape index (κ1) is 15.6. The zero-order valence-corrected chi connectivity index (χ0v) is 13.4. The van der Waals surface area contributed by atoms with E-state index in [0.717, 1.165) is 19.6 Å². The third-order valence-electron chi connectivity index (χ3n) is 5.39. The van der Waals surface area contributed by atoms with E-state index in [1.807, 2.05) is 0 Å². The van der Waals surface area contributed by atoms with E-state index >= 15 is 0 Å². The van der Waals surface area contributed by atoms with Gasteiger partial charge in [0.1, 0.15) is 0 Å². The lowest BCUT2D eigenvalue weighted by atomic mass is 9.67. The maximum Gasteiger partial charge on any atom is 0.314 e. The van der Waals surface area contributed by atoms with Gasteiger partial charge in [-0.3, -0.25) is 0 Å². The molecule has 2 fully saturated rings. The Morgan fingerprint density at radius 1 is 1.35 bits per heavy atom. The summed E-state index contributed by atoms with van der Waals surface area (Å²) < 4.78 is 0. The Morgan fingerprint density at radius 2 is 2.10 bits per heavy atom. The molecule has 4 nitrogen and oxygen atoms in total. The average Bonchev–Trinajstić information content (AvgIpc) is 2.84. The van der Waals surface area contributed by atoms with Crippen molar-refractivity contribution in [2.75, 3.05) is 26.2 Å². The van der Waals surface area contributed by atoms with Gasteiger partial charge in [0.05, 0.1) is 0 Å². The molecule has 0 aromatic carbocycles. The SMILES string of the molecule is CCC1(CNC(=O)NC[C@H]2CCN(C(C)C)C2)CCC1. The molecule has 0 unspecified atom stereocenters. The van der Waals surface area contributed by atoms with Crippen molar-refractivity contribution in [3.05, 3.63) is 0 Å². The van der Waals surface area contributed by atoms with E-state index in [-0.39, 0.29) is 6.03 Å². The lowest BCUT2D eigenvalue weighted by molar-refractivity contribution is 0.126. The number of likely N-dealkylation sites (tertiary alicyclic amines) is 1. The Balaban J connectivity index is 1.61. The molecule has 1 saturated carbocycles. The van der Waals surface area contributed by atoms with Gasteiger partial charge < -0.3 is 15.5 Å². The maximum atomic E-state index is 11.9. The summed E-state index contributed by atoms with van der Waals surface area (Å²) in [5, 5.41) is 6.12. The minimum atomic E-state index is 0.0210. The molecule has 1 atom stereocenters. The fraction of sp³-hybridized carbons (Fsp3) is 0.938. The molecule has 20 heavy (non-hydrogen) atoms. The molecule has 0 aromatic heterocycles. The second-order valence-electron chi connectivity index (χ2n) is 7.01. The molecule has 4 heteroatoms. The Morgan fingerprint density at radius 3 is 2.60 bits per heavy atom. The summed E-state index contributed by atoms with van der Waals surface area (Å²) in [6.45, 7) is 10.7. The summed E-state index contributed by atoms with van der Waals surface area (Å²) in [4.78, 5) is 14.4. The predicted octanol–water partition coefficient (Wildman–Crippen LogP) is 2.60. The highest BCUT2D eigenvalue weighted by atomic mass is 16.2. The van der Waals surface area contributed by atoms with E-state index in [2.05, 4.69) is 36.3 Å². The fourth-order valence-electron chi connectivity index (χ4n) is 3.40. The Hall–Kier alpha value is -0.770. The Kier molecular flexibility index (Phi) is 5.30. The minimum Gasteiger partial charge on any atom is -0.338 e. The predicted molar refractivity (Wildman–Crippen MR) is 82.8 cm³/mol. The van der Waals surface area contributed by atoms with Crippen molar-refractivity contribution in [3.8, 4) is 0 Å². The summed E-state index contributed by atoms with van der Waals surface area (Å²) in [5.41, 5.74) is 0.402. The van der Waals surface area contributed by atoms with Gasteiger partial charge in [-0.2, -0.15) is 0 Å². The van der Waals surface area contributed by atoms with Crippen molar-refractivity contribution in [2.45, 2.75) is 58.9 Å². The third-order valence-corrected chi connectivity index (χ3v) is 5.39. The normalized spacial score (nSPS) is 25.5. The third kappa shape index (κ3) is 3.87. The lowest BCUT2D eigenvalue weighted by Gasteiger charge is -2.41. The van der Waals surface area contributed by atoms with Crippen LogP contribution in [0.2, 0.25) is 0 Å². The number of amides is 2. The topological polar surface area (TPSA) is 44.4 Å². The van der Waals surface area contributed by atoms with E-state index < -0.39 is 0 Å². The molecule has 0 radical (unpaired) electrons. The summed E-state index contributed by atoms with van der Waals surface area (Å²) in [5.74, 6) is 0.618. The summed E-state index contributed by atoms with van der Waals surface area (Å²) in [6.07, 6.45) is 6.26. The number of hydrogen-bond donors (Lipinski definition) is 2. The molecule has 1 heterocycles. The molecule has 1 aliphatic heterocycles. The van der Waals surface area contributed by atoms with Gasteiger partial charge in [-0.05, 0) is 57.4 Å². The van der Waals surface area contributed by atoms with E-state index in [1.54, 1.807) is 0 Å². The van der Waals surface area contributed by atoms with Gasteiger partial charge in [0.25, 0.3) is 0 Å². The van der Waals surface area contributed by atoms with Gasteiger partial charge in [0, 0.05) is 25.7 Å². The molecular formula is C16H31N3O. The maximum absolute atomic E-state index is 11.9. The van der Waals surface area contributed by atoms with E-state index in [0.29, 0.717) is 17.4 Å². The monoisotopic (exact) mass is 281 g/mol. The first-order chi connectivity index (χ1) is 9.54. The van der Waals surface area contributed by atoms with Gasteiger partial charge >= 0.3 is 6.03 Å². The summed E-state index contributed by atoms with van der Waals surface area (Å²) in [7, 11) is 0. The van der Waals surface area contributed by atoms with Crippen LogP contribution in [0, 0.1) is 11.3 Å². The Labute approximate surface area is 123 Å². The van der Waals surface area contributed by atoms with Crippen molar-refractivity contribution in [1.29, 1.82) is 0 Å². The smallest absolute Gasteiger partial charge is 0.314 e. The van der Waals surface area contributed by atoms with Crippen LogP contribution in [0.5, 0.6) is 0 Å². The van der Waals surface area contributed by atoms with Crippen LogP contribution >= 0.6 is 0 Å². The van der Waals surface area contributed by atoms with Gasteiger partial charge in [0.2, 0.25) is 0 Å². The van der Waals surface area contributed by atoms with Crippen LogP contribution in [0.1, 0.15) is 52.9 Å². The van der Waals surface area contributed by atoms with Crippen molar-refractivity contribution in [2.24, 2.45) is 11.3 Å². The van der Waals surface area contributed by atoms with Gasteiger partial charge in [-0.25, -0.2) is 4.79 Å². The van der Waals surface area contributed by atoms with Crippen LogP contribution in [0.15, 0.2) is 0 Å². The van der Waals surface area contributed by atoms with Crippen LogP contribution < -0.4 is 10.6 Å². The molecule has 0 spiro atoms. The molecule has 2 N–H and O–H groups in total. The minimum absolute atomic E-state index is 0.0210. The summed E-state index contributed by atoms with van der Waals surface area (Å²) in [6, 6.07) is 0.643. The Bertz CT molecular complexity index is 320. The lowest BCUT2D eigenvalue weighted by Crippen LogP contribution is -2.46. The second-order valence-corrected chi connectivity index (χ2v) is 7.01. The molecule has 1 aliphatic carbocycles. The molecular weight excluding hydrogens is 250 g/mol. The molecule has 0 bridgehead atoms.